The van der Waals surface area contributed by atoms with Gasteiger partial charge in [-0.3, -0.25) is 0 Å². The molecule has 0 aromatic heterocycles. The number of hydrogen-bond donors (Lipinski definition) is 2. The first kappa shape index (κ1) is 24.3. The minimum Gasteiger partial charge on any atom is -0.388 e. The van der Waals surface area contributed by atoms with Crippen LogP contribution in [0.3, 0.4) is 0 Å². The Labute approximate surface area is 190 Å². The highest BCUT2D eigenvalue weighted by atomic mass is 16.3. The van der Waals surface area contributed by atoms with Crippen molar-refractivity contribution in [2.75, 3.05) is 0 Å². The molecule has 0 radical (unpaired) electrons. The van der Waals surface area contributed by atoms with E-state index in [-0.39, 0.29) is 6.10 Å². The van der Waals surface area contributed by atoms with Gasteiger partial charge in [-0.2, -0.15) is 0 Å². The summed E-state index contributed by atoms with van der Waals surface area (Å²) >= 11 is 0. The maximum atomic E-state index is 10.4. The number of aliphatic hydroxyl groups is 2. The second-order valence-electron chi connectivity index (χ2n) is 10.4. The van der Waals surface area contributed by atoms with Gasteiger partial charge >= 0.3 is 0 Å². The topological polar surface area (TPSA) is 40.5 Å². The highest BCUT2D eigenvalue weighted by Crippen LogP contribution is 2.58. The fraction of sp³-hybridized carbons (Fsp3) is 0.655. The first-order chi connectivity index (χ1) is 14.8. The van der Waals surface area contributed by atoms with Gasteiger partial charge in [-0.25, -0.2) is 0 Å². The van der Waals surface area contributed by atoms with Crippen LogP contribution in [0.5, 0.6) is 0 Å². The maximum absolute atomic E-state index is 10.4. The van der Waals surface area contributed by atoms with E-state index in [9.17, 15) is 10.2 Å². The minimum absolute atomic E-state index is 0.350. The van der Waals surface area contributed by atoms with Crippen molar-refractivity contribution in [1.29, 1.82) is 0 Å². The molecule has 2 heteroatoms. The first-order valence-corrected chi connectivity index (χ1v) is 12.7. The Morgan fingerprint density at radius 2 is 1.84 bits per heavy atom. The van der Waals surface area contributed by atoms with Gasteiger partial charge in [0.2, 0.25) is 0 Å². The van der Waals surface area contributed by atoms with Crippen LogP contribution in [-0.2, 0) is 0 Å². The van der Waals surface area contributed by atoms with Gasteiger partial charge in [-0.05, 0) is 99.0 Å². The number of allylic oxidation sites excluding steroid dienone is 6. The largest absolute Gasteiger partial charge is 0.388 e. The van der Waals surface area contributed by atoms with Crippen LogP contribution < -0.4 is 0 Å². The Kier molecular flexibility index (Phi) is 8.21. The lowest BCUT2D eigenvalue weighted by molar-refractivity contribution is 0.0828. The van der Waals surface area contributed by atoms with E-state index in [0.29, 0.717) is 11.3 Å². The van der Waals surface area contributed by atoms with Crippen LogP contribution in [0.1, 0.15) is 91.4 Å². The normalized spacial score (nSPS) is 35.0. The van der Waals surface area contributed by atoms with Crippen LogP contribution >= 0.6 is 0 Å². The fourth-order valence-corrected chi connectivity index (χ4v) is 6.21. The molecular weight excluding hydrogens is 380 g/mol. The summed E-state index contributed by atoms with van der Waals surface area (Å²) in [5, 5.41) is 20.5. The van der Waals surface area contributed by atoms with Crippen molar-refractivity contribution in [3.63, 3.8) is 0 Å². The zero-order chi connectivity index (χ0) is 22.5. The molecule has 0 aliphatic heterocycles. The molecule has 2 N–H and O–H groups in total. The summed E-state index contributed by atoms with van der Waals surface area (Å²) in [6.07, 6.45) is 24.8. The lowest BCUT2D eigenvalue weighted by atomic mass is 9.63. The van der Waals surface area contributed by atoms with Crippen LogP contribution in [0.4, 0.5) is 0 Å². The van der Waals surface area contributed by atoms with Crippen molar-refractivity contribution < 1.29 is 10.2 Å². The number of aliphatic hydroxyl groups excluding tert-OH is 1. The Hall–Kier alpha value is -1.38. The Morgan fingerprint density at radius 1 is 1.06 bits per heavy atom. The van der Waals surface area contributed by atoms with Gasteiger partial charge in [0.25, 0.3) is 0 Å². The van der Waals surface area contributed by atoms with Gasteiger partial charge < -0.3 is 10.2 Å². The summed E-state index contributed by atoms with van der Waals surface area (Å²) < 4.78 is 0. The van der Waals surface area contributed by atoms with Gasteiger partial charge in [0.15, 0.2) is 0 Å². The third kappa shape index (κ3) is 5.52. The molecule has 0 aromatic rings. The van der Waals surface area contributed by atoms with Crippen molar-refractivity contribution in [2.45, 2.75) is 103 Å². The zero-order valence-electron chi connectivity index (χ0n) is 20.1. The summed E-state index contributed by atoms with van der Waals surface area (Å²) in [6, 6.07) is 0. The van der Waals surface area contributed by atoms with Gasteiger partial charge in [-0.15, -0.1) is 0 Å². The summed E-state index contributed by atoms with van der Waals surface area (Å²) in [6.45, 7) is 10.7. The molecule has 0 aromatic carbocycles. The molecular formula is C29H44O2. The lowest BCUT2D eigenvalue weighted by Gasteiger charge is -2.42. The van der Waals surface area contributed by atoms with E-state index >= 15 is 0 Å². The monoisotopic (exact) mass is 424 g/mol. The van der Waals surface area contributed by atoms with Crippen molar-refractivity contribution >= 4 is 0 Å². The molecule has 0 saturated heterocycles. The Bertz CT molecular complexity index is 749. The number of hydrogen-bond acceptors (Lipinski definition) is 2. The summed E-state index contributed by atoms with van der Waals surface area (Å²) in [4.78, 5) is 0. The van der Waals surface area contributed by atoms with E-state index in [0.717, 1.165) is 50.0 Å². The number of rotatable bonds is 7. The molecule has 0 amide bonds. The first-order valence-electron chi connectivity index (χ1n) is 12.7. The predicted octanol–water partition coefficient (Wildman–Crippen LogP) is 7.21. The van der Waals surface area contributed by atoms with E-state index in [1.165, 1.54) is 37.7 Å². The fourth-order valence-electron chi connectivity index (χ4n) is 6.21. The summed E-state index contributed by atoms with van der Waals surface area (Å²) in [5.74, 6) is 1.43. The average Bonchev–Trinajstić information content (AvgIpc) is 3.11. The van der Waals surface area contributed by atoms with E-state index in [1.807, 2.05) is 26.0 Å². The van der Waals surface area contributed by atoms with Crippen molar-refractivity contribution in [3.8, 4) is 0 Å². The molecule has 4 unspecified atom stereocenters. The third-order valence-corrected chi connectivity index (χ3v) is 8.70. The zero-order valence-corrected chi connectivity index (χ0v) is 20.1. The summed E-state index contributed by atoms with van der Waals surface area (Å²) in [7, 11) is 0. The molecule has 0 heterocycles. The van der Waals surface area contributed by atoms with Crippen molar-refractivity contribution in [3.05, 3.63) is 59.8 Å². The van der Waals surface area contributed by atoms with Gasteiger partial charge in [0.05, 0.1) is 11.7 Å². The highest BCUT2D eigenvalue weighted by molar-refractivity contribution is 5.37. The highest BCUT2D eigenvalue weighted by Gasteiger charge is 2.48. The molecule has 31 heavy (non-hydrogen) atoms. The molecule has 2 nitrogen and oxygen atoms in total. The summed E-state index contributed by atoms with van der Waals surface area (Å²) in [5.41, 5.74) is 3.54. The second kappa shape index (κ2) is 10.5. The molecule has 3 aliphatic carbocycles. The lowest BCUT2D eigenvalue weighted by Crippen LogP contribution is -2.33. The molecule has 0 spiro atoms. The van der Waals surface area contributed by atoms with E-state index < -0.39 is 5.60 Å². The van der Waals surface area contributed by atoms with Gasteiger partial charge in [-0.1, -0.05) is 69.4 Å². The van der Waals surface area contributed by atoms with Crippen molar-refractivity contribution in [2.24, 2.45) is 17.3 Å². The van der Waals surface area contributed by atoms with E-state index in [1.54, 1.807) is 5.57 Å². The van der Waals surface area contributed by atoms with Crippen LogP contribution in [-0.4, -0.2) is 21.9 Å². The molecule has 4 atom stereocenters. The average molecular weight is 425 g/mol. The van der Waals surface area contributed by atoms with Crippen LogP contribution in [0.25, 0.3) is 0 Å². The molecule has 3 aliphatic rings. The standard InChI is InChI=1S/C29H44O2/c1-5-29(31,6-2)21-9-7-8-14-25-18-19-26-24(13-11-20-28(25,26)4)17-16-23-12-10-15-27(30)22(23)3/h7-9,16-17,21,25-27,30-31H,3,5-6,10-15,18-20H2,1-2,4H3/b8-7+,21-9+,23-16-,24-17+. The van der Waals surface area contributed by atoms with Crippen molar-refractivity contribution in [1.82, 2.24) is 0 Å². The third-order valence-electron chi connectivity index (χ3n) is 8.70. The van der Waals surface area contributed by atoms with Crippen LogP contribution in [0, 0.1) is 17.3 Å². The van der Waals surface area contributed by atoms with Crippen LogP contribution in [0.15, 0.2) is 59.8 Å². The van der Waals surface area contributed by atoms with Gasteiger partial charge in [0, 0.05) is 0 Å². The van der Waals surface area contributed by atoms with E-state index in [2.05, 4.69) is 37.8 Å². The minimum atomic E-state index is -0.661. The maximum Gasteiger partial charge on any atom is 0.0825 e. The molecule has 3 fully saturated rings. The molecule has 172 valence electrons. The van der Waals surface area contributed by atoms with Crippen LogP contribution in [0.2, 0.25) is 0 Å². The molecule has 0 bridgehead atoms. The van der Waals surface area contributed by atoms with Gasteiger partial charge in [0.1, 0.15) is 0 Å². The van der Waals surface area contributed by atoms with E-state index in [4.69, 9.17) is 0 Å². The molecule has 3 rings (SSSR count). The Balaban J connectivity index is 1.65. The second-order valence-corrected chi connectivity index (χ2v) is 10.4. The Morgan fingerprint density at radius 3 is 2.58 bits per heavy atom. The SMILES string of the molecule is C=C1/C(=C\C=C2/CCCC3(C)C(C/C=C/C=C/C(O)(CC)CC)CCC23)CCCC1O. The smallest absolute Gasteiger partial charge is 0.0825 e. The number of fused-ring (bicyclic) bond motifs is 1. The predicted molar refractivity (Wildman–Crippen MR) is 132 cm³/mol. The molecule has 3 saturated carbocycles. The quantitative estimate of drug-likeness (QED) is 0.424.